The lowest BCUT2D eigenvalue weighted by Crippen LogP contribution is -2.17. The van der Waals surface area contributed by atoms with Crippen LogP contribution in [0.1, 0.15) is 5.56 Å². The van der Waals surface area contributed by atoms with E-state index < -0.39 is 23.9 Å². The van der Waals surface area contributed by atoms with Crippen molar-refractivity contribution in [1.29, 1.82) is 0 Å². The Labute approximate surface area is 135 Å². The number of hydrogen-bond acceptors (Lipinski definition) is 1. The van der Waals surface area contributed by atoms with E-state index in [4.69, 9.17) is 0 Å². The van der Waals surface area contributed by atoms with Gasteiger partial charge in [0.05, 0.1) is 5.56 Å². The van der Waals surface area contributed by atoms with E-state index in [1.807, 2.05) is 0 Å². The van der Waals surface area contributed by atoms with Gasteiger partial charge in [-0.05, 0) is 52.4 Å². The molecule has 0 saturated heterocycles. The van der Waals surface area contributed by atoms with E-state index in [9.17, 15) is 26.3 Å². The van der Waals surface area contributed by atoms with Crippen molar-refractivity contribution < 1.29 is 31.1 Å². The van der Waals surface area contributed by atoms with E-state index >= 15 is 0 Å². The fraction of sp³-hybridized carbons (Fsp3) is 0.143. The monoisotopic (exact) mass is 432 g/mol. The van der Waals surface area contributed by atoms with Gasteiger partial charge in [-0.3, -0.25) is 0 Å². The van der Waals surface area contributed by atoms with Gasteiger partial charge in [0.15, 0.2) is 0 Å². The third-order valence-electron chi connectivity index (χ3n) is 2.65. The molecule has 22 heavy (non-hydrogen) atoms. The van der Waals surface area contributed by atoms with Crippen molar-refractivity contribution in [3.63, 3.8) is 0 Å². The number of ether oxygens (including phenoxy) is 1. The molecule has 0 fully saturated rings. The average molecular weight is 432 g/mol. The van der Waals surface area contributed by atoms with Crippen molar-refractivity contribution in [1.82, 2.24) is 0 Å². The van der Waals surface area contributed by atoms with E-state index in [2.05, 4.69) is 4.74 Å². The van der Waals surface area contributed by atoms with Crippen LogP contribution in [0, 0.1) is 3.57 Å². The highest BCUT2D eigenvalue weighted by atomic mass is 127. The molecule has 118 valence electrons. The topological polar surface area (TPSA) is 9.23 Å². The Balaban J connectivity index is 2.55. The van der Waals surface area contributed by atoms with Crippen LogP contribution in [0.4, 0.5) is 26.3 Å². The van der Waals surface area contributed by atoms with Crippen LogP contribution < -0.4 is 4.74 Å². The maximum absolute atomic E-state index is 12.8. The van der Waals surface area contributed by atoms with E-state index in [1.165, 1.54) is 24.3 Å². The second-order valence-electron chi connectivity index (χ2n) is 4.27. The molecule has 0 aliphatic rings. The lowest BCUT2D eigenvalue weighted by molar-refractivity contribution is -0.274. The number of para-hydroxylation sites is 1. The van der Waals surface area contributed by atoms with Crippen LogP contribution in [0.2, 0.25) is 0 Å². The standard InChI is InChI=1S/C14H7F6IO/c15-13(16,17)9-5-8(6-10(21)7-9)11-3-1-2-4-12(11)22-14(18,19)20/h1-7H. The smallest absolute Gasteiger partial charge is 0.405 e. The molecular weight excluding hydrogens is 425 g/mol. The second-order valence-corrected chi connectivity index (χ2v) is 5.52. The van der Waals surface area contributed by atoms with Crippen molar-refractivity contribution >= 4 is 22.6 Å². The summed E-state index contributed by atoms with van der Waals surface area (Å²) in [6.45, 7) is 0. The fourth-order valence-corrected chi connectivity index (χ4v) is 2.50. The molecule has 2 aromatic carbocycles. The third kappa shape index (κ3) is 4.28. The molecular formula is C14H7F6IO. The maximum Gasteiger partial charge on any atom is 0.573 e. The van der Waals surface area contributed by atoms with Crippen LogP contribution >= 0.6 is 22.6 Å². The largest absolute Gasteiger partial charge is 0.573 e. The van der Waals surface area contributed by atoms with Crippen LogP contribution in [-0.2, 0) is 6.18 Å². The Kier molecular flexibility index (Phi) is 4.59. The summed E-state index contributed by atoms with van der Waals surface area (Å²) in [5.74, 6) is -0.551. The van der Waals surface area contributed by atoms with Crippen molar-refractivity contribution in [2.24, 2.45) is 0 Å². The average Bonchev–Trinajstić information content (AvgIpc) is 2.35. The molecule has 0 N–H and O–H groups in total. The van der Waals surface area contributed by atoms with Gasteiger partial charge in [-0.1, -0.05) is 18.2 Å². The van der Waals surface area contributed by atoms with Gasteiger partial charge in [-0.25, -0.2) is 0 Å². The van der Waals surface area contributed by atoms with Crippen molar-refractivity contribution in [3.05, 3.63) is 51.6 Å². The van der Waals surface area contributed by atoms with Gasteiger partial charge in [-0.2, -0.15) is 13.2 Å². The van der Waals surface area contributed by atoms with Gasteiger partial charge < -0.3 is 4.74 Å². The Morgan fingerprint density at radius 2 is 1.50 bits per heavy atom. The first-order chi connectivity index (χ1) is 10.1. The predicted octanol–water partition coefficient (Wildman–Crippen LogP) is 5.88. The lowest BCUT2D eigenvalue weighted by atomic mass is 10.0. The number of hydrogen-bond donors (Lipinski definition) is 0. The minimum Gasteiger partial charge on any atom is -0.405 e. The Morgan fingerprint density at radius 3 is 2.09 bits per heavy atom. The zero-order chi connectivity index (χ0) is 16.5. The van der Waals surface area contributed by atoms with Crippen LogP contribution in [0.3, 0.4) is 0 Å². The van der Waals surface area contributed by atoms with E-state index in [0.29, 0.717) is 0 Å². The Hall–Kier alpha value is -1.45. The first kappa shape index (κ1) is 16.9. The highest BCUT2D eigenvalue weighted by molar-refractivity contribution is 14.1. The third-order valence-corrected chi connectivity index (χ3v) is 3.27. The van der Waals surface area contributed by atoms with Gasteiger partial charge in [0, 0.05) is 9.13 Å². The van der Waals surface area contributed by atoms with E-state index in [0.717, 1.165) is 18.2 Å². The lowest BCUT2D eigenvalue weighted by Gasteiger charge is -2.15. The summed E-state index contributed by atoms with van der Waals surface area (Å²) in [4.78, 5) is 0. The summed E-state index contributed by atoms with van der Waals surface area (Å²) >= 11 is 1.67. The van der Waals surface area contributed by atoms with Crippen molar-refractivity contribution in [3.8, 4) is 16.9 Å². The Bertz CT molecular complexity index is 678. The van der Waals surface area contributed by atoms with Crippen molar-refractivity contribution in [2.45, 2.75) is 12.5 Å². The van der Waals surface area contributed by atoms with Crippen LogP contribution in [0.5, 0.6) is 5.75 Å². The minimum atomic E-state index is -4.93. The summed E-state index contributed by atoms with van der Waals surface area (Å²) in [5, 5.41) is 0. The predicted molar refractivity (Wildman–Crippen MR) is 76.3 cm³/mol. The normalized spacial score (nSPS) is 12.3. The van der Waals surface area contributed by atoms with Gasteiger partial charge in [0.25, 0.3) is 0 Å². The molecule has 2 aromatic rings. The first-order valence-electron chi connectivity index (χ1n) is 5.79. The van der Waals surface area contributed by atoms with Gasteiger partial charge >= 0.3 is 12.5 Å². The van der Waals surface area contributed by atoms with E-state index in [1.54, 1.807) is 22.6 Å². The highest BCUT2D eigenvalue weighted by Gasteiger charge is 2.33. The van der Waals surface area contributed by atoms with Crippen LogP contribution in [0.15, 0.2) is 42.5 Å². The van der Waals surface area contributed by atoms with Crippen LogP contribution in [0.25, 0.3) is 11.1 Å². The molecule has 1 nitrogen and oxygen atoms in total. The van der Waals surface area contributed by atoms with Gasteiger partial charge in [0.1, 0.15) is 5.75 Å². The molecule has 0 bridgehead atoms. The molecule has 0 saturated carbocycles. The number of rotatable bonds is 2. The minimum absolute atomic E-state index is 0.000856. The fourth-order valence-electron chi connectivity index (χ4n) is 1.83. The van der Waals surface area contributed by atoms with Crippen LogP contribution in [-0.4, -0.2) is 6.36 Å². The first-order valence-corrected chi connectivity index (χ1v) is 6.87. The highest BCUT2D eigenvalue weighted by Crippen LogP contribution is 2.38. The summed E-state index contributed by atoms with van der Waals surface area (Å²) in [6.07, 6.45) is -9.51. The zero-order valence-electron chi connectivity index (χ0n) is 10.6. The Morgan fingerprint density at radius 1 is 0.864 bits per heavy atom. The van der Waals surface area contributed by atoms with Crippen molar-refractivity contribution in [2.75, 3.05) is 0 Å². The number of alkyl halides is 6. The quantitative estimate of drug-likeness (QED) is 0.426. The SMILES string of the molecule is FC(F)(F)Oc1ccccc1-c1cc(I)cc(C(F)(F)F)c1. The number of halogens is 7. The molecule has 0 unspecified atom stereocenters. The molecule has 0 atom stereocenters. The summed E-state index contributed by atoms with van der Waals surface area (Å²) in [5.41, 5.74) is -1.00. The van der Waals surface area contributed by atoms with Gasteiger partial charge in [-0.15, -0.1) is 13.2 Å². The molecule has 0 amide bonds. The molecule has 0 aliphatic carbocycles. The molecule has 8 heteroatoms. The zero-order valence-corrected chi connectivity index (χ0v) is 12.8. The number of benzene rings is 2. The van der Waals surface area contributed by atoms with Gasteiger partial charge in [0.2, 0.25) is 0 Å². The summed E-state index contributed by atoms with van der Waals surface area (Å²) < 4.78 is 79.7. The molecule has 0 spiro atoms. The second kappa shape index (κ2) is 5.98. The molecule has 0 aromatic heterocycles. The summed E-state index contributed by atoms with van der Waals surface area (Å²) in [7, 11) is 0. The van der Waals surface area contributed by atoms with E-state index in [-0.39, 0.29) is 14.7 Å². The molecule has 0 heterocycles. The molecule has 2 rings (SSSR count). The molecule has 0 aliphatic heterocycles. The maximum atomic E-state index is 12.8. The summed E-state index contributed by atoms with van der Waals surface area (Å²) in [6, 6.07) is 8.11. The molecule has 0 radical (unpaired) electrons.